The summed E-state index contributed by atoms with van der Waals surface area (Å²) < 4.78 is 27.2. The summed E-state index contributed by atoms with van der Waals surface area (Å²) in [6, 6.07) is 1.47. The average Bonchev–Trinajstić information content (AvgIpc) is 3.04. The van der Waals surface area contributed by atoms with Crippen molar-refractivity contribution in [3.05, 3.63) is 26.9 Å². The Hall–Kier alpha value is -0.810. The molecule has 0 atom stereocenters. The van der Waals surface area contributed by atoms with Gasteiger partial charge in [0.15, 0.2) is 0 Å². The highest BCUT2D eigenvalue weighted by molar-refractivity contribution is 9.11. The van der Waals surface area contributed by atoms with Gasteiger partial charge in [0.1, 0.15) is 17.0 Å². The van der Waals surface area contributed by atoms with Crippen molar-refractivity contribution in [2.75, 3.05) is 6.54 Å². The molecule has 2 heterocycles. The van der Waals surface area contributed by atoms with Crippen LogP contribution in [0, 0.1) is 0 Å². The van der Waals surface area contributed by atoms with E-state index in [4.69, 9.17) is 5.11 Å². The second-order valence-corrected chi connectivity index (χ2v) is 8.13. The van der Waals surface area contributed by atoms with Crippen LogP contribution in [0.15, 0.2) is 21.1 Å². The number of rotatable bonds is 7. The van der Waals surface area contributed by atoms with Crippen molar-refractivity contribution in [2.45, 2.75) is 24.3 Å². The second-order valence-electron chi connectivity index (χ2n) is 3.94. The Morgan fingerprint density at radius 2 is 2.30 bits per heavy atom. The van der Waals surface area contributed by atoms with Crippen LogP contribution in [0.25, 0.3) is 0 Å². The van der Waals surface area contributed by atoms with Crippen LogP contribution in [-0.2, 0) is 23.1 Å². The van der Waals surface area contributed by atoms with E-state index in [1.165, 1.54) is 23.7 Å². The Morgan fingerprint density at radius 1 is 1.50 bits per heavy atom. The average molecular weight is 381 g/mol. The number of aromatic nitrogens is 3. The molecule has 0 saturated heterocycles. The zero-order valence-electron chi connectivity index (χ0n) is 10.3. The number of hydrogen-bond donors (Lipinski definition) is 3. The van der Waals surface area contributed by atoms with Crippen LogP contribution in [0.3, 0.4) is 0 Å². The van der Waals surface area contributed by atoms with E-state index in [2.05, 4.69) is 35.8 Å². The van der Waals surface area contributed by atoms with Gasteiger partial charge in [-0.1, -0.05) is 0 Å². The summed E-state index contributed by atoms with van der Waals surface area (Å²) in [5.74, 6) is 0.725. The van der Waals surface area contributed by atoms with Crippen LogP contribution in [0.2, 0.25) is 0 Å². The molecule has 2 aromatic heterocycles. The van der Waals surface area contributed by atoms with Crippen LogP contribution in [0.1, 0.15) is 17.1 Å². The number of nitrogens with zero attached hydrogens (tertiary/aromatic N) is 2. The number of hydrogen-bond acceptors (Lipinski definition) is 6. The lowest BCUT2D eigenvalue weighted by atomic mass is 10.3. The maximum absolute atomic E-state index is 12.1. The number of thiophene rings is 1. The van der Waals surface area contributed by atoms with Gasteiger partial charge in [0.25, 0.3) is 0 Å². The van der Waals surface area contributed by atoms with Crippen LogP contribution >= 0.6 is 27.3 Å². The lowest BCUT2D eigenvalue weighted by molar-refractivity contribution is 0.285. The number of aromatic amines is 1. The molecule has 0 spiro atoms. The third-order valence-corrected chi connectivity index (χ3v) is 6.20. The standard InChI is InChI=1S/C10H13BrN4O3S2/c11-10-8(4-7(5-16)19-10)20(17,18)14-3-1-2-9-12-6-13-15-9/h4,6,14,16H,1-3,5H2,(H,12,13,15). The Kier molecular flexibility index (Phi) is 5.27. The molecule has 2 rings (SSSR count). The molecule has 0 amide bonds. The third kappa shape index (κ3) is 3.85. The van der Waals surface area contributed by atoms with Crippen molar-refractivity contribution in [3.8, 4) is 0 Å². The molecule has 0 aliphatic carbocycles. The summed E-state index contributed by atoms with van der Waals surface area (Å²) in [6.45, 7) is 0.129. The fraction of sp³-hybridized carbons (Fsp3) is 0.400. The zero-order valence-corrected chi connectivity index (χ0v) is 13.6. The molecule has 0 fully saturated rings. The highest BCUT2D eigenvalue weighted by Crippen LogP contribution is 2.31. The van der Waals surface area contributed by atoms with Crippen LogP contribution in [0.5, 0.6) is 0 Å². The minimum atomic E-state index is -3.57. The minimum Gasteiger partial charge on any atom is -0.391 e. The van der Waals surface area contributed by atoms with Crippen molar-refractivity contribution >= 4 is 37.3 Å². The molecule has 0 aliphatic heterocycles. The Morgan fingerprint density at radius 3 is 2.90 bits per heavy atom. The van der Waals surface area contributed by atoms with Crippen LogP contribution in [0.4, 0.5) is 0 Å². The summed E-state index contributed by atoms with van der Waals surface area (Å²) >= 11 is 4.40. The summed E-state index contributed by atoms with van der Waals surface area (Å²) in [7, 11) is -3.57. The van der Waals surface area contributed by atoms with E-state index in [9.17, 15) is 8.42 Å². The third-order valence-electron chi connectivity index (χ3n) is 2.50. The van der Waals surface area contributed by atoms with E-state index in [-0.39, 0.29) is 11.5 Å². The fourth-order valence-electron chi connectivity index (χ4n) is 1.55. The number of halogens is 1. The number of nitrogens with one attached hydrogen (secondary N) is 2. The molecule has 0 bridgehead atoms. The van der Waals surface area contributed by atoms with Gasteiger partial charge in [0.05, 0.1) is 10.4 Å². The minimum absolute atomic E-state index is 0.159. The van der Waals surface area contributed by atoms with Gasteiger partial charge in [-0.2, -0.15) is 5.10 Å². The monoisotopic (exact) mass is 380 g/mol. The first kappa shape index (κ1) is 15.6. The first-order chi connectivity index (χ1) is 9.53. The molecule has 2 aromatic rings. The number of aryl methyl sites for hydroxylation is 1. The molecule has 0 radical (unpaired) electrons. The van der Waals surface area contributed by atoms with Gasteiger partial charge in [-0.15, -0.1) is 11.3 Å². The summed E-state index contributed by atoms with van der Waals surface area (Å²) in [4.78, 5) is 4.71. The first-order valence-electron chi connectivity index (χ1n) is 5.76. The zero-order chi connectivity index (χ0) is 14.6. The van der Waals surface area contributed by atoms with Gasteiger partial charge >= 0.3 is 0 Å². The van der Waals surface area contributed by atoms with Crippen molar-refractivity contribution < 1.29 is 13.5 Å². The summed E-state index contributed by atoms with van der Waals surface area (Å²) in [5, 5.41) is 15.5. The van der Waals surface area contributed by atoms with E-state index >= 15 is 0 Å². The van der Waals surface area contributed by atoms with E-state index in [0.29, 0.717) is 28.0 Å². The van der Waals surface area contributed by atoms with Crippen molar-refractivity contribution in [2.24, 2.45) is 0 Å². The highest BCUT2D eigenvalue weighted by atomic mass is 79.9. The molecular weight excluding hydrogens is 368 g/mol. The number of aliphatic hydroxyl groups is 1. The molecule has 0 aromatic carbocycles. The van der Waals surface area contributed by atoms with Gasteiger partial charge in [0, 0.05) is 17.8 Å². The van der Waals surface area contributed by atoms with Crippen molar-refractivity contribution in [1.82, 2.24) is 19.9 Å². The van der Waals surface area contributed by atoms with E-state index in [0.717, 1.165) is 5.82 Å². The highest BCUT2D eigenvalue weighted by Gasteiger charge is 2.20. The van der Waals surface area contributed by atoms with Gasteiger partial charge < -0.3 is 5.11 Å². The Bertz CT molecular complexity index is 654. The molecule has 20 heavy (non-hydrogen) atoms. The summed E-state index contributed by atoms with van der Waals surface area (Å²) in [5.41, 5.74) is 0. The lowest BCUT2D eigenvalue weighted by Gasteiger charge is -2.04. The number of H-pyrrole nitrogens is 1. The quantitative estimate of drug-likeness (QED) is 0.621. The topological polar surface area (TPSA) is 108 Å². The predicted molar refractivity (Wildman–Crippen MR) is 77.8 cm³/mol. The maximum Gasteiger partial charge on any atom is 0.242 e. The second kappa shape index (κ2) is 6.76. The molecule has 0 aliphatic rings. The Labute approximate surface area is 128 Å². The molecule has 10 heteroatoms. The van der Waals surface area contributed by atoms with Crippen LogP contribution in [-0.4, -0.2) is 35.3 Å². The van der Waals surface area contributed by atoms with E-state index < -0.39 is 10.0 Å². The van der Waals surface area contributed by atoms with E-state index in [1.807, 2.05) is 0 Å². The SMILES string of the molecule is O=S(=O)(NCCCc1ncn[nH]1)c1cc(CO)sc1Br. The molecule has 110 valence electrons. The largest absolute Gasteiger partial charge is 0.391 e. The lowest BCUT2D eigenvalue weighted by Crippen LogP contribution is -2.25. The molecule has 0 saturated carbocycles. The molecule has 0 unspecified atom stereocenters. The van der Waals surface area contributed by atoms with Gasteiger partial charge in [0.2, 0.25) is 10.0 Å². The predicted octanol–water partition coefficient (Wildman–Crippen LogP) is 1.03. The first-order valence-corrected chi connectivity index (χ1v) is 8.85. The molecule has 7 nitrogen and oxygen atoms in total. The van der Waals surface area contributed by atoms with Gasteiger partial charge in [-0.25, -0.2) is 18.1 Å². The normalized spacial score (nSPS) is 11.9. The fourth-order valence-corrected chi connectivity index (χ4v) is 5.16. The van der Waals surface area contributed by atoms with Gasteiger partial charge in [-0.05, 0) is 28.4 Å². The Balaban J connectivity index is 1.91. The smallest absolute Gasteiger partial charge is 0.242 e. The maximum atomic E-state index is 12.1. The van der Waals surface area contributed by atoms with E-state index in [1.54, 1.807) is 0 Å². The molecular formula is C10H13BrN4O3S2. The molecule has 3 N–H and O–H groups in total. The summed E-state index contributed by atoms with van der Waals surface area (Å²) in [6.07, 6.45) is 2.65. The van der Waals surface area contributed by atoms with Crippen molar-refractivity contribution in [1.29, 1.82) is 0 Å². The van der Waals surface area contributed by atoms with Crippen LogP contribution < -0.4 is 4.72 Å². The number of aliphatic hydroxyl groups excluding tert-OH is 1. The van der Waals surface area contributed by atoms with Gasteiger partial charge in [-0.3, -0.25) is 5.10 Å². The number of sulfonamides is 1. The van der Waals surface area contributed by atoms with Crippen molar-refractivity contribution in [3.63, 3.8) is 0 Å².